The molecule has 0 spiro atoms. The molecule has 2 aromatic heterocycles. The first-order valence-corrected chi connectivity index (χ1v) is 6.15. The van der Waals surface area contributed by atoms with E-state index in [9.17, 15) is 0 Å². The Bertz CT molecular complexity index is 651. The van der Waals surface area contributed by atoms with Gasteiger partial charge in [-0.2, -0.15) is 5.10 Å². The average Bonchev–Trinajstić information content (AvgIpc) is 2.98. The molecule has 0 aliphatic carbocycles. The number of halogens is 2. The van der Waals surface area contributed by atoms with E-state index in [1.807, 2.05) is 36.5 Å². The van der Waals surface area contributed by atoms with E-state index in [1.54, 1.807) is 6.20 Å². The fraction of sp³-hybridized carbons (Fsp3) is 0. The Morgan fingerprint density at radius 3 is 2.39 bits per heavy atom. The van der Waals surface area contributed by atoms with E-state index in [0.29, 0.717) is 10.0 Å². The predicted octanol–water partition coefficient (Wildman–Crippen LogP) is 4.38. The molecule has 0 radical (unpaired) electrons. The molecule has 0 unspecified atom stereocenters. The van der Waals surface area contributed by atoms with Gasteiger partial charge in [0.2, 0.25) is 0 Å². The molecule has 0 saturated carbocycles. The molecule has 90 valence electrons. The van der Waals surface area contributed by atoms with Crippen LogP contribution in [0.2, 0.25) is 10.0 Å². The fourth-order valence-electron chi connectivity index (χ4n) is 1.94. The highest BCUT2D eigenvalue weighted by Crippen LogP contribution is 2.38. The highest BCUT2D eigenvalue weighted by Gasteiger charge is 2.15. The zero-order chi connectivity index (χ0) is 12.5. The van der Waals surface area contributed by atoms with Crippen molar-refractivity contribution in [2.75, 3.05) is 0 Å². The van der Waals surface area contributed by atoms with Gasteiger partial charge < -0.3 is 4.98 Å². The van der Waals surface area contributed by atoms with E-state index in [-0.39, 0.29) is 0 Å². The monoisotopic (exact) mass is 277 g/mol. The molecule has 3 nitrogen and oxygen atoms in total. The molecule has 3 aromatic rings. The summed E-state index contributed by atoms with van der Waals surface area (Å²) in [7, 11) is 0. The molecule has 1 aromatic carbocycles. The van der Waals surface area contributed by atoms with Crippen molar-refractivity contribution in [1.29, 1.82) is 0 Å². The second-order valence-electron chi connectivity index (χ2n) is 3.82. The van der Waals surface area contributed by atoms with E-state index < -0.39 is 0 Å². The van der Waals surface area contributed by atoms with E-state index in [0.717, 1.165) is 22.5 Å². The molecular formula is C13H9Cl2N3. The Morgan fingerprint density at radius 1 is 0.944 bits per heavy atom. The van der Waals surface area contributed by atoms with Crippen LogP contribution in [0.3, 0.4) is 0 Å². The second kappa shape index (κ2) is 4.52. The smallest absolute Gasteiger partial charge is 0.109 e. The summed E-state index contributed by atoms with van der Waals surface area (Å²) >= 11 is 12.5. The number of nitrogens with zero attached hydrogens (tertiary/aromatic N) is 1. The Kier molecular flexibility index (Phi) is 2.86. The molecule has 18 heavy (non-hydrogen) atoms. The largest absolute Gasteiger partial charge is 0.359 e. The predicted molar refractivity (Wildman–Crippen MR) is 73.8 cm³/mol. The third-order valence-electron chi connectivity index (χ3n) is 2.74. The quantitative estimate of drug-likeness (QED) is 0.717. The number of hydrogen-bond donors (Lipinski definition) is 2. The summed E-state index contributed by atoms with van der Waals surface area (Å²) in [5, 5.41) is 8.20. The molecule has 0 aliphatic heterocycles. The SMILES string of the molecule is Clc1cccc(Cl)c1-c1cc[nH]c1-c1cc[nH]n1. The second-order valence-corrected chi connectivity index (χ2v) is 4.64. The van der Waals surface area contributed by atoms with E-state index in [2.05, 4.69) is 15.2 Å². The molecule has 2 heterocycles. The van der Waals surface area contributed by atoms with Crippen molar-refractivity contribution in [3.05, 3.63) is 52.8 Å². The van der Waals surface area contributed by atoms with E-state index >= 15 is 0 Å². The van der Waals surface area contributed by atoms with Crippen LogP contribution >= 0.6 is 23.2 Å². The van der Waals surface area contributed by atoms with Crippen molar-refractivity contribution in [3.63, 3.8) is 0 Å². The summed E-state index contributed by atoms with van der Waals surface area (Å²) in [6.07, 6.45) is 3.62. The molecule has 3 rings (SSSR count). The minimum atomic E-state index is 0.624. The first kappa shape index (κ1) is 11.4. The van der Waals surface area contributed by atoms with Gasteiger partial charge in [-0.1, -0.05) is 29.3 Å². The van der Waals surface area contributed by atoms with Gasteiger partial charge in [0.15, 0.2) is 0 Å². The van der Waals surface area contributed by atoms with E-state index in [4.69, 9.17) is 23.2 Å². The lowest BCUT2D eigenvalue weighted by Crippen LogP contribution is -1.85. The summed E-state index contributed by atoms with van der Waals surface area (Å²) in [6.45, 7) is 0. The van der Waals surface area contributed by atoms with Crippen LogP contribution in [-0.4, -0.2) is 15.2 Å². The van der Waals surface area contributed by atoms with Crippen molar-refractivity contribution in [3.8, 4) is 22.5 Å². The maximum absolute atomic E-state index is 6.23. The van der Waals surface area contributed by atoms with Gasteiger partial charge >= 0.3 is 0 Å². The molecule has 0 atom stereocenters. The summed E-state index contributed by atoms with van der Waals surface area (Å²) in [5.74, 6) is 0. The Hall–Kier alpha value is -1.71. The Labute approximate surface area is 114 Å². The van der Waals surface area contributed by atoms with Gasteiger partial charge in [-0.15, -0.1) is 0 Å². The maximum atomic E-state index is 6.23. The van der Waals surface area contributed by atoms with Crippen LogP contribution in [0.4, 0.5) is 0 Å². The van der Waals surface area contributed by atoms with Crippen molar-refractivity contribution < 1.29 is 0 Å². The number of hydrogen-bond acceptors (Lipinski definition) is 1. The van der Waals surface area contributed by atoms with Crippen LogP contribution in [0.25, 0.3) is 22.5 Å². The van der Waals surface area contributed by atoms with Crippen LogP contribution in [0, 0.1) is 0 Å². The molecular weight excluding hydrogens is 269 g/mol. The zero-order valence-corrected chi connectivity index (χ0v) is 10.8. The number of H-pyrrole nitrogens is 2. The van der Waals surface area contributed by atoms with Crippen LogP contribution < -0.4 is 0 Å². The first-order valence-electron chi connectivity index (χ1n) is 5.39. The molecule has 0 amide bonds. The standard InChI is InChI=1S/C13H9Cl2N3/c14-9-2-1-3-10(15)12(9)8-4-6-16-13(8)11-5-7-17-18-11/h1-7,16H,(H,17,18). The normalized spacial score (nSPS) is 10.8. The number of nitrogens with one attached hydrogen (secondary N) is 2. The molecule has 5 heteroatoms. The molecule has 0 bridgehead atoms. The minimum Gasteiger partial charge on any atom is -0.359 e. The van der Waals surface area contributed by atoms with Crippen LogP contribution in [0.5, 0.6) is 0 Å². The summed E-state index contributed by atoms with van der Waals surface area (Å²) in [4.78, 5) is 3.16. The van der Waals surface area contributed by atoms with Crippen molar-refractivity contribution in [2.45, 2.75) is 0 Å². The molecule has 2 N–H and O–H groups in total. The van der Waals surface area contributed by atoms with Gasteiger partial charge in [0, 0.05) is 33.6 Å². The van der Waals surface area contributed by atoms with Crippen molar-refractivity contribution >= 4 is 23.2 Å². The third-order valence-corrected chi connectivity index (χ3v) is 3.37. The minimum absolute atomic E-state index is 0.624. The van der Waals surface area contributed by atoms with Gasteiger partial charge in [0.05, 0.1) is 5.69 Å². The number of rotatable bonds is 2. The van der Waals surface area contributed by atoms with E-state index in [1.165, 1.54) is 0 Å². The summed E-state index contributed by atoms with van der Waals surface area (Å²) in [5.41, 5.74) is 3.48. The third kappa shape index (κ3) is 1.82. The first-order chi connectivity index (χ1) is 8.77. The highest BCUT2D eigenvalue weighted by molar-refractivity contribution is 6.39. The topological polar surface area (TPSA) is 44.5 Å². The number of aromatic amines is 2. The van der Waals surface area contributed by atoms with Crippen LogP contribution in [0.15, 0.2) is 42.7 Å². The van der Waals surface area contributed by atoms with Crippen molar-refractivity contribution in [2.24, 2.45) is 0 Å². The van der Waals surface area contributed by atoms with Crippen molar-refractivity contribution in [1.82, 2.24) is 15.2 Å². The van der Waals surface area contributed by atoms with Gasteiger partial charge in [-0.25, -0.2) is 0 Å². The lowest BCUT2D eigenvalue weighted by Gasteiger charge is -2.07. The fourth-order valence-corrected chi connectivity index (χ4v) is 2.55. The maximum Gasteiger partial charge on any atom is 0.109 e. The average molecular weight is 278 g/mol. The molecule has 0 fully saturated rings. The van der Waals surface area contributed by atoms with Gasteiger partial charge in [-0.05, 0) is 24.3 Å². The summed E-state index contributed by atoms with van der Waals surface area (Å²) in [6, 6.07) is 9.31. The van der Waals surface area contributed by atoms with Crippen LogP contribution in [-0.2, 0) is 0 Å². The number of benzene rings is 1. The van der Waals surface area contributed by atoms with Gasteiger partial charge in [0.1, 0.15) is 5.69 Å². The zero-order valence-electron chi connectivity index (χ0n) is 9.24. The summed E-state index contributed by atoms with van der Waals surface area (Å²) < 4.78 is 0. The Morgan fingerprint density at radius 2 is 1.72 bits per heavy atom. The molecule has 0 saturated heterocycles. The van der Waals surface area contributed by atoms with Gasteiger partial charge in [0.25, 0.3) is 0 Å². The molecule has 0 aliphatic rings. The number of aromatic nitrogens is 3. The Balaban J connectivity index is 2.22. The lowest BCUT2D eigenvalue weighted by atomic mass is 10.0. The van der Waals surface area contributed by atoms with Crippen LogP contribution in [0.1, 0.15) is 0 Å². The highest BCUT2D eigenvalue weighted by atomic mass is 35.5. The van der Waals surface area contributed by atoms with Gasteiger partial charge in [-0.3, -0.25) is 5.10 Å². The lowest BCUT2D eigenvalue weighted by molar-refractivity contribution is 1.09.